The van der Waals surface area contributed by atoms with E-state index >= 15 is 0 Å². The summed E-state index contributed by atoms with van der Waals surface area (Å²) < 4.78 is 33.0. The van der Waals surface area contributed by atoms with Crippen molar-refractivity contribution in [3.63, 3.8) is 0 Å². The molecule has 1 aliphatic rings. The van der Waals surface area contributed by atoms with Crippen LogP contribution < -0.4 is 4.74 Å². The summed E-state index contributed by atoms with van der Waals surface area (Å²) in [7, 11) is -3.53. The van der Waals surface area contributed by atoms with Crippen LogP contribution in [0.15, 0.2) is 53.4 Å². The van der Waals surface area contributed by atoms with Crippen molar-refractivity contribution in [3.8, 4) is 5.75 Å². The molecule has 156 valence electrons. The fourth-order valence-electron chi connectivity index (χ4n) is 3.39. The molecule has 1 saturated heterocycles. The Morgan fingerprint density at radius 3 is 2.31 bits per heavy atom. The van der Waals surface area contributed by atoms with E-state index in [-0.39, 0.29) is 23.9 Å². The molecule has 7 heteroatoms. The largest absolute Gasteiger partial charge is 0.480 e. The van der Waals surface area contributed by atoms with Crippen molar-refractivity contribution in [2.24, 2.45) is 0 Å². The minimum absolute atomic E-state index is 0.0924. The molecule has 0 radical (unpaired) electrons. The van der Waals surface area contributed by atoms with Crippen molar-refractivity contribution >= 4 is 15.9 Å². The third-order valence-electron chi connectivity index (χ3n) is 5.19. The van der Waals surface area contributed by atoms with Crippen LogP contribution in [0.3, 0.4) is 0 Å². The zero-order valence-corrected chi connectivity index (χ0v) is 18.0. The monoisotopic (exact) mass is 416 g/mol. The van der Waals surface area contributed by atoms with Gasteiger partial charge in [-0.25, -0.2) is 8.42 Å². The van der Waals surface area contributed by atoms with Gasteiger partial charge in [0.1, 0.15) is 5.75 Å². The molecule has 2 aromatic rings. The van der Waals surface area contributed by atoms with E-state index in [1.807, 2.05) is 39.0 Å². The SMILES string of the molecule is CC[C@@H](Oc1cc(C)ccc1C)C(=O)N1CCN(S(=O)(=O)c2ccccc2)CC1. The average molecular weight is 417 g/mol. The lowest BCUT2D eigenvalue weighted by Crippen LogP contribution is -2.53. The van der Waals surface area contributed by atoms with Gasteiger partial charge in [0.05, 0.1) is 4.90 Å². The third-order valence-corrected chi connectivity index (χ3v) is 7.10. The number of rotatable bonds is 6. The predicted octanol–water partition coefficient (Wildman–Crippen LogP) is 2.99. The van der Waals surface area contributed by atoms with E-state index in [0.29, 0.717) is 19.5 Å². The van der Waals surface area contributed by atoms with Gasteiger partial charge in [0, 0.05) is 26.2 Å². The quantitative estimate of drug-likeness (QED) is 0.726. The molecule has 0 spiro atoms. The molecule has 3 rings (SSSR count). The molecule has 0 saturated carbocycles. The molecule has 1 heterocycles. The standard InChI is InChI=1S/C22H28N2O4S/c1-4-20(28-21-16-17(2)10-11-18(21)3)22(25)23-12-14-24(15-13-23)29(26,27)19-8-6-5-7-9-19/h5-11,16,20H,4,12-15H2,1-3H3/t20-/m1/s1. The van der Waals surface area contributed by atoms with Crippen LogP contribution >= 0.6 is 0 Å². The van der Waals surface area contributed by atoms with Gasteiger partial charge in [-0.2, -0.15) is 4.31 Å². The van der Waals surface area contributed by atoms with E-state index in [4.69, 9.17) is 4.74 Å². The maximum atomic E-state index is 13.0. The number of carbonyl (C=O) groups is 1. The van der Waals surface area contributed by atoms with E-state index in [9.17, 15) is 13.2 Å². The first-order valence-electron chi connectivity index (χ1n) is 9.91. The molecule has 1 fully saturated rings. The van der Waals surface area contributed by atoms with Gasteiger partial charge in [-0.15, -0.1) is 0 Å². The summed E-state index contributed by atoms with van der Waals surface area (Å²) in [4.78, 5) is 15.0. The molecule has 0 aliphatic carbocycles. The summed E-state index contributed by atoms with van der Waals surface area (Å²) in [6.07, 6.45) is -0.0258. The Morgan fingerprint density at radius 2 is 1.69 bits per heavy atom. The molecule has 0 unspecified atom stereocenters. The Morgan fingerprint density at radius 1 is 1.03 bits per heavy atom. The minimum atomic E-state index is -3.53. The number of benzene rings is 2. The van der Waals surface area contributed by atoms with Crippen LogP contribution in [0.25, 0.3) is 0 Å². The van der Waals surface area contributed by atoms with Crippen molar-refractivity contribution in [1.82, 2.24) is 9.21 Å². The van der Waals surface area contributed by atoms with Gasteiger partial charge < -0.3 is 9.64 Å². The molecular formula is C22H28N2O4S. The molecule has 1 amide bonds. The van der Waals surface area contributed by atoms with E-state index in [0.717, 1.165) is 16.9 Å². The molecule has 2 aromatic carbocycles. The molecule has 1 atom stereocenters. The average Bonchev–Trinajstić information content (AvgIpc) is 2.74. The van der Waals surface area contributed by atoms with Gasteiger partial charge in [0.2, 0.25) is 10.0 Å². The lowest BCUT2D eigenvalue weighted by Gasteiger charge is -2.35. The highest BCUT2D eigenvalue weighted by Crippen LogP contribution is 2.23. The molecule has 0 bridgehead atoms. The Hall–Kier alpha value is -2.38. The van der Waals surface area contributed by atoms with Crippen LogP contribution in [0.2, 0.25) is 0 Å². The third kappa shape index (κ3) is 4.79. The second-order valence-electron chi connectivity index (χ2n) is 7.33. The van der Waals surface area contributed by atoms with Crippen LogP contribution in [0.4, 0.5) is 0 Å². The Labute approximate surface area is 173 Å². The molecular weight excluding hydrogens is 388 g/mol. The smallest absolute Gasteiger partial charge is 0.263 e. The van der Waals surface area contributed by atoms with Crippen LogP contribution in [0, 0.1) is 13.8 Å². The van der Waals surface area contributed by atoms with Gasteiger partial charge in [0.15, 0.2) is 6.10 Å². The van der Waals surface area contributed by atoms with Crippen LogP contribution in [-0.4, -0.2) is 55.8 Å². The second kappa shape index (κ2) is 8.97. The number of hydrogen-bond acceptors (Lipinski definition) is 4. The maximum Gasteiger partial charge on any atom is 0.263 e. The number of ether oxygens (including phenoxy) is 1. The number of amides is 1. The molecule has 1 aliphatic heterocycles. The fourth-order valence-corrected chi connectivity index (χ4v) is 4.83. The first-order valence-corrected chi connectivity index (χ1v) is 11.3. The van der Waals surface area contributed by atoms with Crippen LogP contribution in [0.1, 0.15) is 24.5 Å². The van der Waals surface area contributed by atoms with E-state index in [1.165, 1.54) is 4.31 Å². The second-order valence-corrected chi connectivity index (χ2v) is 9.26. The van der Waals surface area contributed by atoms with Gasteiger partial charge in [-0.3, -0.25) is 4.79 Å². The van der Waals surface area contributed by atoms with Crippen molar-refractivity contribution < 1.29 is 17.9 Å². The zero-order chi connectivity index (χ0) is 21.0. The molecule has 29 heavy (non-hydrogen) atoms. The van der Waals surface area contributed by atoms with Crippen molar-refractivity contribution in [1.29, 1.82) is 0 Å². The van der Waals surface area contributed by atoms with Crippen molar-refractivity contribution in [3.05, 3.63) is 59.7 Å². The molecule has 0 aromatic heterocycles. The lowest BCUT2D eigenvalue weighted by molar-refractivity contribution is -0.140. The summed E-state index contributed by atoms with van der Waals surface area (Å²) >= 11 is 0. The Kier molecular flexibility index (Phi) is 6.59. The molecule has 0 N–H and O–H groups in total. The summed E-state index contributed by atoms with van der Waals surface area (Å²) in [5.74, 6) is 0.626. The lowest BCUT2D eigenvalue weighted by atomic mass is 10.1. The Bertz CT molecular complexity index is 952. The van der Waals surface area contributed by atoms with E-state index in [1.54, 1.807) is 35.2 Å². The number of hydrogen-bond donors (Lipinski definition) is 0. The Balaban J connectivity index is 1.65. The summed E-state index contributed by atoms with van der Waals surface area (Å²) in [6, 6.07) is 14.3. The van der Waals surface area contributed by atoms with Crippen molar-refractivity contribution in [2.75, 3.05) is 26.2 Å². The predicted molar refractivity (Wildman–Crippen MR) is 112 cm³/mol. The fraction of sp³-hybridized carbons (Fsp3) is 0.409. The highest BCUT2D eigenvalue weighted by Gasteiger charge is 2.32. The van der Waals surface area contributed by atoms with E-state index < -0.39 is 16.1 Å². The van der Waals surface area contributed by atoms with Gasteiger partial charge in [0.25, 0.3) is 5.91 Å². The maximum absolute atomic E-state index is 13.0. The first kappa shape index (κ1) is 21.3. The normalized spacial score (nSPS) is 16.4. The highest BCUT2D eigenvalue weighted by molar-refractivity contribution is 7.89. The highest BCUT2D eigenvalue weighted by atomic mass is 32.2. The van der Waals surface area contributed by atoms with Gasteiger partial charge >= 0.3 is 0 Å². The van der Waals surface area contributed by atoms with Gasteiger partial charge in [-0.1, -0.05) is 37.3 Å². The minimum Gasteiger partial charge on any atom is -0.480 e. The van der Waals surface area contributed by atoms with Crippen LogP contribution in [-0.2, 0) is 14.8 Å². The van der Waals surface area contributed by atoms with Gasteiger partial charge in [-0.05, 0) is 49.6 Å². The summed E-state index contributed by atoms with van der Waals surface area (Å²) in [5.41, 5.74) is 2.06. The van der Waals surface area contributed by atoms with Crippen LogP contribution in [0.5, 0.6) is 5.75 Å². The summed E-state index contributed by atoms with van der Waals surface area (Å²) in [6.45, 7) is 7.14. The topological polar surface area (TPSA) is 66.9 Å². The summed E-state index contributed by atoms with van der Waals surface area (Å²) in [5, 5.41) is 0. The first-order chi connectivity index (χ1) is 13.8. The number of sulfonamides is 1. The zero-order valence-electron chi connectivity index (χ0n) is 17.2. The molecule has 6 nitrogen and oxygen atoms in total. The number of carbonyl (C=O) groups excluding carboxylic acids is 1. The number of nitrogens with zero attached hydrogens (tertiary/aromatic N) is 2. The number of piperazine rings is 1. The number of aryl methyl sites for hydroxylation is 2. The van der Waals surface area contributed by atoms with Crippen molar-refractivity contribution in [2.45, 2.75) is 38.2 Å². The van der Waals surface area contributed by atoms with E-state index in [2.05, 4.69) is 0 Å².